The van der Waals surface area contributed by atoms with Crippen molar-refractivity contribution in [2.45, 2.75) is 38.4 Å². The van der Waals surface area contributed by atoms with E-state index in [1.807, 2.05) is 12.2 Å². The highest BCUT2D eigenvalue weighted by molar-refractivity contribution is 6.08. The van der Waals surface area contributed by atoms with Crippen molar-refractivity contribution in [3.63, 3.8) is 0 Å². The van der Waals surface area contributed by atoms with Crippen molar-refractivity contribution in [3.8, 4) is 0 Å². The second kappa shape index (κ2) is 7.50. The Bertz CT molecular complexity index is 695. The molecule has 0 amide bonds. The second-order valence-corrected chi connectivity index (χ2v) is 6.68. The predicted octanol–water partition coefficient (Wildman–Crippen LogP) is 4.98. The molecule has 0 saturated carbocycles. The van der Waals surface area contributed by atoms with Crippen molar-refractivity contribution in [2.75, 3.05) is 0 Å². The summed E-state index contributed by atoms with van der Waals surface area (Å²) in [5.74, 6) is 0. The molecule has 0 atom stereocenters. The van der Waals surface area contributed by atoms with Crippen molar-refractivity contribution >= 4 is 13.9 Å². The minimum atomic E-state index is -0.0281. The van der Waals surface area contributed by atoms with Crippen LogP contribution < -0.4 is 0 Å². The van der Waals surface area contributed by atoms with Gasteiger partial charge in [-0.2, -0.15) is 0 Å². The molecule has 118 valence electrons. The Labute approximate surface area is 142 Å². The summed E-state index contributed by atoms with van der Waals surface area (Å²) in [4.78, 5) is 0. The average Bonchev–Trinajstić information content (AvgIpc) is 2.57. The smallest absolute Gasteiger partial charge is 0.101 e. The summed E-state index contributed by atoms with van der Waals surface area (Å²) in [6.07, 6.45) is 7.16. The Balaban J connectivity index is 2.47. The van der Waals surface area contributed by atoms with Crippen molar-refractivity contribution in [2.24, 2.45) is 0 Å². The van der Waals surface area contributed by atoms with E-state index in [1.54, 1.807) is 0 Å². The van der Waals surface area contributed by atoms with E-state index in [1.165, 1.54) is 34.1 Å². The minimum absolute atomic E-state index is 0.0281. The number of hydrogen-bond donors (Lipinski definition) is 0. The van der Waals surface area contributed by atoms with Crippen molar-refractivity contribution in [1.29, 1.82) is 0 Å². The first kappa shape index (κ1) is 17.3. The molecule has 2 aromatic carbocycles. The fourth-order valence-electron chi connectivity index (χ4n) is 3.09. The third-order valence-electron chi connectivity index (χ3n) is 4.66. The Morgan fingerprint density at radius 2 is 1.74 bits per heavy atom. The average molecular weight is 302 g/mol. The number of rotatable bonds is 7. The number of allylic oxidation sites excluding steroid dienone is 1. The van der Waals surface area contributed by atoms with Gasteiger partial charge in [-0.15, -0.1) is 6.58 Å². The normalized spacial score (nSPS) is 11.2. The molecule has 1 heteroatoms. The van der Waals surface area contributed by atoms with Gasteiger partial charge in [0.1, 0.15) is 7.85 Å². The standard InChI is InChI=1S/C22H27B/c1-5-8-19-16-21(12-11-18(19)13-14-23)22(3,4)20-10-7-9-17(6-2)15-20/h5-7,9-12,15-16H,1-2,8,13-14,23H2,3-4H3. The summed E-state index contributed by atoms with van der Waals surface area (Å²) < 4.78 is 0. The van der Waals surface area contributed by atoms with Gasteiger partial charge in [0.25, 0.3) is 0 Å². The quantitative estimate of drug-likeness (QED) is 0.500. The number of benzene rings is 2. The number of aryl methyl sites for hydroxylation is 1. The molecule has 0 aromatic heterocycles. The molecule has 0 aliphatic carbocycles. The van der Waals surface area contributed by atoms with E-state index in [2.05, 4.69) is 77.3 Å². The molecule has 0 heterocycles. The van der Waals surface area contributed by atoms with E-state index >= 15 is 0 Å². The molecular formula is C22H27B. The summed E-state index contributed by atoms with van der Waals surface area (Å²) in [6.45, 7) is 12.4. The molecule has 0 bridgehead atoms. The summed E-state index contributed by atoms with van der Waals surface area (Å²) in [5.41, 5.74) is 6.68. The summed E-state index contributed by atoms with van der Waals surface area (Å²) in [7, 11) is 2.23. The molecule has 0 fully saturated rings. The lowest BCUT2D eigenvalue weighted by Crippen LogP contribution is -2.19. The third kappa shape index (κ3) is 3.85. The van der Waals surface area contributed by atoms with E-state index in [9.17, 15) is 0 Å². The first-order valence-electron chi connectivity index (χ1n) is 8.49. The van der Waals surface area contributed by atoms with Gasteiger partial charge in [-0.1, -0.05) is 81.4 Å². The molecule has 23 heavy (non-hydrogen) atoms. The van der Waals surface area contributed by atoms with Gasteiger partial charge in [-0.05, 0) is 40.7 Å². The molecule has 2 rings (SSSR count). The van der Waals surface area contributed by atoms with Crippen LogP contribution in [0.2, 0.25) is 6.32 Å². The zero-order valence-corrected chi connectivity index (χ0v) is 14.7. The van der Waals surface area contributed by atoms with Gasteiger partial charge in [-0.25, -0.2) is 0 Å². The van der Waals surface area contributed by atoms with Crippen LogP contribution in [-0.2, 0) is 18.3 Å². The zero-order valence-electron chi connectivity index (χ0n) is 14.7. The van der Waals surface area contributed by atoms with Crippen LogP contribution >= 0.6 is 0 Å². The van der Waals surface area contributed by atoms with Gasteiger partial charge in [0.15, 0.2) is 0 Å². The van der Waals surface area contributed by atoms with Crippen LogP contribution in [0.1, 0.15) is 41.7 Å². The van der Waals surface area contributed by atoms with Gasteiger partial charge < -0.3 is 0 Å². The Morgan fingerprint density at radius 1 is 1.00 bits per heavy atom. The highest BCUT2D eigenvalue weighted by Gasteiger charge is 2.24. The maximum absolute atomic E-state index is 3.92. The van der Waals surface area contributed by atoms with Gasteiger partial charge in [0.05, 0.1) is 0 Å². The molecule has 0 saturated heterocycles. The first-order valence-corrected chi connectivity index (χ1v) is 8.49. The van der Waals surface area contributed by atoms with E-state index in [4.69, 9.17) is 0 Å². The molecular weight excluding hydrogens is 275 g/mol. The summed E-state index contributed by atoms with van der Waals surface area (Å²) in [6, 6.07) is 15.6. The van der Waals surface area contributed by atoms with Gasteiger partial charge in [0.2, 0.25) is 0 Å². The minimum Gasteiger partial charge on any atom is -0.103 e. The second-order valence-electron chi connectivity index (χ2n) is 6.68. The van der Waals surface area contributed by atoms with Crippen LogP contribution in [0.4, 0.5) is 0 Å². The largest absolute Gasteiger partial charge is 0.103 e. The van der Waals surface area contributed by atoms with Crippen molar-refractivity contribution in [3.05, 3.63) is 89.5 Å². The molecule has 0 unspecified atom stereocenters. The van der Waals surface area contributed by atoms with Crippen molar-refractivity contribution < 1.29 is 0 Å². The van der Waals surface area contributed by atoms with Gasteiger partial charge >= 0.3 is 0 Å². The van der Waals surface area contributed by atoms with E-state index < -0.39 is 0 Å². The number of hydrogen-bond acceptors (Lipinski definition) is 0. The molecule has 0 aliphatic heterocycles. The Morgan fingerprint density at radius 3 is 2.39 bits per heavy atom. The van der Waals surface area contributed by atoms with Crippen LogP contribution in [0.3, 0.4) is 0 Å². The molecule has 0 nitrogen and oxygen atoms in total. The topological polar surface area (TPSA) is 0 Å². The monoisotopic (exact) mass is 302 g/mol. The Hall–Kier alpha value is -2.02. The molecule has 0 radical (unpaired) electrons. The first-order chi connectivity index (χ1) is 11.0. The summed E-state index contributed by atoms with van der Waals surface area (Å²) in [5, 5.41) is 0. The summed E-state index contributed by atoms with van der Waals surface area (Å²) >= 11 is 0. The van der Waals surface area contributed by atoms with Crippen LogP contribution in [0, 0.1) is 0 Å². The lowest BCUT2D eigenvalue weighted by atomic mass is 9.76. The highest BCUT2D eigenvalue weighted by atomic mass is 14.3. The fourth-order valence-corrected chi connectivity index (χ4v) is 3.09. The maximum atomic E-state index is 3.92. The lowest BCUT2D eigenvalue weighted by molar-refractivity contribution is 0.639. The third-order valence-corrected chi connectivity index (χ3v) is 4.66. The zero-order chi connectivity index (χ0) is 16.9. The van der Waals surface area contributed by atoms with Crippen LogP contribution in [0.15, 0.2) is 61.7 Å². The van der Waals surface area contributed by atoms with E-state index in [0.29, 0.717) is 0 Å². The Kier molecular flexibility index (Phi) is 5.66. The van der Waals surface area contributed by atoms with Crippen molar-refractivity contribution in [1.82, 2.24) is 0 Å². The highest BCUT2D eigenvalue weighted by Crippen LogP contribution is 2.33. The van der Waals surface area contributed by atoms with Gasteiger partial charge in [0, 0.05) is 5.41 Å². The predicted molar refractivity (Wildman–Crippen MR) is 106 cm³/mol. The van der Waals surface area contributed by atoms with Gasteiger partial charge in [-0.3, -0.25) is 0 Å². The van der Waals surface area contributed by atoms with E-state index in [0.717, 1.165) is 12.8 Å². The fraction of sp³-hybridized carbons (Fsp3) is 0.273. The van der Waals surface area contributed by atoms with E-state index in [-0.39, 0.29) is 5.41 Å². The molecule has 0 aliphatic rings. The SMILES string of the molecule is BCCc1ccc(C(C)(C)c2cccc(C=C)c2)cc1CC=C. The maximum Gasteiger partial charge on any atom is 0.101 e. The van der Waals surface area contributed by atoms with Crippen LogP contribution in [-0.4, -0.2) is 7.85 Å². The molecule has 0 N–H and O–H groups in total. The molecule has 0 spiro atoms. The lowest BCUT2D eigenvalue weighted by Gasteiger charge is -2.27. The van der Waals surface area contributed by atoms with Crippen LogP contribution in [0.25, 0.3) is 6.08 Å². The van der Waals surface area contributed by atoms with Crippen LogP contribution in [0.5, 0.6) is 0 Å². The molecule has 2 aromatic rings.